The van der Waals surface area contributed by atoms with Crippen LogP contribution >= 0.6 is 0 Å². The number of hydrogen-bond acceptors (Lipinski definition) is 4. The Morgan fingerprint density at radius 3 is 2.62 bits per heavy atom. The van der Waals surface area contributed by atoms with Crippen molar-refractivity contribution < 1.29 is 13.2 Å². The number of sulfonamides is 1. The fourth-order valence-corrected chi connectivity index (χ4v) is 5.44. The van der Waals surface area contributed by atoms with Crippen LogP contribution in [0.1, 0.15) is 31.2 Å². The third kappa shape index (κ3) is 4.45. The summed E-state index contributed by atoms with van der Waals surface area (Å²) in [5.74, 6) is 0.0620. The Balaban J connectivity index is 1.50. The van der Waals surface area contributed by atoms with Crippen molar-refractivity contribution in [3.63, 3.8) is 0 Å². The maximum absolute atomic E-state index is 12.8. The van der Waals surface area contributed by atoms with Gasteiger partial charge in [0.05, 0.1) is 11.3 Å². The van der Waals surface area contributed by atoms with Crippen LogP contribution in [0.2, 0.25) is 0 Å². The number of benzene rings is 1. The second kappa shape index (κ2) is 8.50. The maximum Gasteiger partial charge on any atom is 0.239 e. The number of hydrogen-bond donors (Lipinski definition) is 1. The van der Waals surface area contributed by atoms with Crippen molar-refractivity contribution in [2.75, 3.05) is 33.2 Å². The molecule has 0 spiro atoms. The molecular weight excluding hydrogens is 350 g/mol. The summed E-state index contributed by atoms with van der Waals surface area (Å²) in [4.78, 5) is 14.3. The van der Waals surface area contributed by atoms with Crippen LogP contribution in [0.5, 0.6) is 0 Å². The number of carbonyl (C=O) groups excluding carboxylic acids is 1. The molecule has 1 aromatic carbocycles. The van der Waals surface area contributed by atoms with Crippen LogP contribution in [0.15, 0.2) is 30.3 Å². The van der Waals surface area contributed by atoms with Crippen molar-refractivity contribution in [2.45, 2.75) is 43.4 Å². The molecule has 7 heteroatoms. The van der Waals surface area contributed by atoms with Crippen molar-refractivity contribution in [2.24, 2.45) is 0 Å². The molecule has 2 saturated heterocycles. The van der Waals surface area contributed by atoms with Gasteiger partial charge in [-0.3, -0.25) is 4.79 Å². The molecule has 0 aliphatic carbocycles. The quantitative estimate of drug-likeness (QED) is 0.774. The van der Waals surface area contributed by atoms with Crippen LogP contribution in [0.4, 0.5) is 0 Å². The van der Waals surface area contributed by atoms with Crippen molar-refractivity contribution >= 4 is 15.9 Å². The fraction of sp³-hybridized carbons (Fsp3) is 0.632. The van der Waals surface area contributed by atoms with Crippen LogP contribution < -0.4 is 5.32 Å². The molecule has 1 amide bonds. The Hall–Kier alpha value is -1.44. The van der Waals surface area contributed by atoms with E-state index in [0.717, 1.165) is 38.8 Å². The molecule has 1 N–H and O–H groups in total. The Kier molecular flexibility index (Phi) is 6.32. The zero-order valence-electron chi connectivity index (χ0n) is 15.4. The highest BCUT2D eigenvalue weighted by molar-refractivity contribution is 7.89. The lowest BCUT2D eigenvalue weighted by Crippen LogP contribution is -2.42. The topological polar surface area (TPSA) is 69.7 Å². The average molecular weight is 380 g/mol. The highest BCUT2D eigenvalue weighted by Crippen LogP contribution is 2.21. The number of amides is 1. The van der Waals surface area contributed by atoms with Crippen LogP contribution in [-0.2, 0) is 21.2 Å². The lowest BCUT2D eigenvalue weighted by molar-refractivity contribution is -0.131. The Morgan fingerprint density at radius 1 is 1.23 bits per heavy atom. The summed E-state index contributed by atoms with van der Waals surface area (Å²) in [6, 6.07) is 9.74. The largest absolute Gasteiger partial charge is 0.341 e. The number of likely N-dealkylation sites (tertiary alicyclic amines) is 1. The number of nitrogens with zero attached hydrogens (tertiary/aromatic N) is 2. The summed E-state index contributed by atoms with van der Waals surface area (Å²) in [6.07, 6.45) is 4.12. The lowest BCUT2D eigenvalue weighted by Gasteiger charge is -2.22. The van der Waals surface area contributed by atoms with E-state index < -0.39 is 15.3 Å². The molecule has 1 aromatic rings. The molecule has 26 heavy (non-hydrogen) atoms. The van der Waals surface area contributed by atoms with Gasteiger partial charge in [0.1, 0.15) is 0 Å². The highest BCUT2D eigenvalue weighted by atomic mass is 32.2. The van der Waals surface area contributed by atoms with Gasteiger partial charge in [0, 0.05) is 33.2 Å². The lowest BCUT2D eigenvalue weighted by atomic mass is 10.1. The minimum Gasteiger partial charge on any atom is -0.341 e. The van der Waals surface area contributed by atoms with E-state index in [-0.39, 0.29) is 11.9 Å². The van der Waals surface area contributed by atoms with Crippen molar-refractivity contribution in [3.8, 4) is 0 Å². The number of nitrogens with one attached hydrogen (secondary N) is 1. The predicted octanol–water partition coefficient (Wildman–Crippen LogP) is 1.23. The zero-order chi connectivity index (χ0) is 18.6. The molecule has 2 unspecified atom stereocenters. The molecule has 144 valence electrons. The molecule has 0 saturated carbocycles. The summed E-state index contributed by atoms with van der Waals surface area (Å²) >= 11 is 0. The standard InChI is InChI=1S/C19H29N3O3S/c1-21(11-7-10-16-8-3-2-4-9-16)26(24,25)17-14-18(20-15-17)19(23)22-12-5-6-13-22/h2-4,8-9,17-18,20H,5-7,10-15H2,1H3. The summed E-state index contributed by atoms with van der Waals surface area (Å²) in [5, 5.41) is 2.62. The first-order chi connectivity index (χ1) is 12.5. The molecule has 0 bridgehead atoms. The van der Waals surface area contributed by atoms with Gasteiger partial charge in [-0.15, -0.1) is 0 Å². The molecule has 2 heterocycles. The normalized spacial score (nSPS) is 23.7. The van der Waals surface area contributed by atoms with E-state index in [9.17, 15) is 13.2 Å². The third-order valence-electron chi connectivity index (χ3n) is 5.44. The molecule has 2 aliphatic rings. The van der Waals surface area contributed by atoms with E-state index >= 15 is 0 Å². The first kappa shape index (κ1) is 19.3. The smallest absolute Gasteiger partial charge is 0.239 e. The van der Waals surface area contributed by atoms with Crippen molar-refractivity contribution in [1.29, 1.82) is 0 Å². The average Bonchev–Trinajstić information content (AvgIpc) is 3.34. The van der Waals surface area contributed by atoms with E-state index in [1.807, 2.05) is 23.1 Å². The molecule has 3 rings (SSSR count). The van der Waals surface area contributed by atoms with E-state index in [4.69, 9.17) is 0 Å². The highest BCUT2D eigenvalue weighted by Gasteiger charge is 2.40. The van der Waals surface area contributed by atoms with Gasteiger partial charge >= 0.3 is 0 Å². The maximum atomic E-state index is 12.8. The van der Waals surface area contributed by atoms with Gasteiger partial charge in [0.25, 0.3) is 0 Å². The van der Waals surface area contributed by atoms with Crippen molar-refractivity contribution in [3.05, 3.63) is 35.9 Å². The zero-order valence-corrected chi connectivity index (χ0v) is 16.2. The molecular formula is C19H29N3O3S. The minimum absolute atomic E-state index is 0.0620. The molecule has 2 fully saturated rings. The molecule has 0 radical (unpaired) electrons. The monoisotopic (exact) mass is 379 g/mol. The summed E-state index contributed by atoms with van der Waals surface area (Å²) in [6.45, 7) is 2.45. The van der Waals surface area contributed by atoms with E-state index in [2.05, 4.69) is 17.4 Å². The second-order valence-electron chi connectivity index (χ2n) is 7.31. The van der Waals surface area contributed by atoms with E-state index in [0.29, 0.717) is 19.5 Å². The predicted molar refractivity (Wildman–Crippen MR) is 102 cm³/mol. The van der Waals surface area contributed by atoms with Crippen LogP contribution in [0, 0.1) is 0 Å². The van der Waals surface area contributed by atoms with Gasteiger partial charge in [-0.05, 0) is 37.7 Å². The number of carbonyl (C=O) groups is 1. The second-order valence-corrected chi connectivity index (χ2v) is 9.63. The van der Waals surface area contributed by atoms with Crippen LogP contribution in [-0.4, -0.2) is 68.0 Å². The molecule has 2 atom stereocenters. The first-order valence-electron chi connectivity index (χ1n) is 9.50. The van der Waals surface area contributed by atoms with Gasteiger partial charge in [-0.2, -0.15) is 0 Å². The fourth-order valence-electron chi connectivity index (χ4n) is 3.81. The van der Waals surface area contributed by atoms with Gasteiger partial charge < -0.3 is 10.2 Å². The molecule has 0 aromatic heterocycles. The minimum atomic E-state index is -3.38. The Labute approximate surface area is 156 Å². The SMILES string of the molecule is CN(CCCc1ccccc1)S(=O)(=O)C1CNC(C(=O)N2CCCC2)C1. The van der Waals surface area contributed by atoms with E-state index in [1.165, 1.54) is 9.87 Å². The van der Waals surface area contributed by atoms with Gasteiger partial charge in [-0.1, -0.05) is 30.3 Å². The third-order valence-corrected chi connectivity index (χ3v) is 7.70. The molecule has 2 aliphatic heterocycles. The number of aryl methyl sites for hydroxylation is 1. The van der Waals surface area contributed by atoms with Gasteiger partial charge in [-0.25, -0.2) is 12.7 Å². The van der Waals surface area contributed by atoms with Crippen LogP contribution in [0.25, 0.3) is 0 Å². The summed E-state index contributed by atoms with van der Waals surface area (Å²) in [5.41, 5.74) is 1.22. The Morgan fingerprint density at radius 2 is 1.92 bits per heavy atom. The van der Waals surface area contributed by atoms with Crippen molar-refractivity contribution in [1.82, 2.24) is 14.5 Å². The van der Waals surface area contributed by atoms with Gasteiger partial charge in [0.15, 0.2) is 0 Å². The molecule has 6 nitrogen and oxygen atoms in total. The summed E-state index contributed by atoms with van der Waals surface area (Å²) < 4.78 is 27.1. The Bertz CT molecular complexity index is 702. The number of rotatable bonds is 7. The first-order valence-corrected chi connectivity index (χ1v) is 11.0. The van der Waals surface area contributed by atoms with Crippen LogP contribution in [0.3, 0.4) is 0 Å². The summed E-state index contributed by atoms with van der Waals surface area (Å²) in [7, 11) is -1.73. The van der Waals surface area contributed by atoms with E-state index in [1.54, 1.807) is 7.05 Å². The van der Waals surface area contributed by atoms with Gasteiger partial charge in [0.2, 0.25) is 15.9 Å².